The Hall–Kier alpha value is -1.27. The molecule has 0 aliphatic heterocycles. The van der Waals surface area contributed by atoms with Gasteiger partial charge in [0.2, 0.25) is 0 Å². The fraction of sp³-hybridized carbons (Fsp3) is 0.111. The smallest absolute Gasteiger partial charge is 0.258 e. The van der Waals surface area contributed by atoms with Crippen molar-refractivity contribution in [3.05, 3.63) is 43.9 Å². The Morgan fingerprint density at radius 1 is 1.41 bits per heavy atom. The number of hydrogen-bond donors (Lipinski definition) is 0. The highest BCUT2D eigenvalue weighted by Gasteiger charge is 2.32. The fourth-order valence-corrected chi connectivity index (χ4v) is 1.37. The Bertz CT molecular complexity index is 486. The Kier molecular flexibility index (Phi) is 4.00. The molecule has 17 heavy (non-hydrogen) atoms. The average molecular weight is 286 g/mol. The highest BCUT2D eigenvalue weighted by atomic mass is 35.5. The van der Waals surface area contributed by atoms with Crippen molar-refractivity contribution in [1.29, 1.82) is 0 Å². The number of allylic oxidation sites excluding steroid dienone is 1. The molecule has 0 heterocycles. The molecule has 0 bridgehead atoms. The standard InChI is InChI=1S/C9H4Cl2F3NO2/c10-6-3-5(1-2-7(6)15(16)17)4-8(11)9(12,13)14/h1-4H. The van der Waals surface area contributed by atoms with Crippen molar-refractivity contribution in [2.45, 2.75) is 6.18 Å². The minimum Gasteiger partial charge on any atom is -0.258 e. The van der Waals surface area contributed by atoms with Crippen LogP contribution in [0.5, 0.6) is 0 Å². The summed E-state index contributed by atoms with van der Waals surface area (Å²) in [5, 5.41) is 8.83. The molecule has 0 aliphatic carbocycles. The van der Waals surface area contributed by atoms with Gasteiger partial charge in [0.25, 0.3) is 5.69 Å². The van der Waals surface area contributed by atoms with E-state index in [1.807, 2.05) is 0 Å². The topological polar surface area (TPSA) is 43.1 Å². The van der Waals surface area contributed by atoms with Gasteiger partial charge in [-0.25, -0.2) is 0 Å². The summed E-state index contributed by atoms with van der Waals surface area (Å²) in [5.74, 6) is 0. The number of nitro groups is 1. The molecule has 0 fully saturated rings. The number of rotatable bonds is 2. The first-order valence-electron chi connectivity index (χ1n) is 4.10. The summed E-state index contributed by atoms with van der Waals surface area (Å²) in [6.45, 7) is 0. The van der Waals surface area contributed by atoms with Crippen molar-refractivity contribution in [2.75, 3.05) is 0 Å². The van der Waals surface area contributed by atoms with Gasteiger partial charge in [-0.15, -0.1) is 0 Å². The van der Waals surface area contributed by atoms with Crippen LogP contribution in [0.3, 0.4) is 0 Å². The lowest BCUT2D eigenvalue weighted by Crippen LogP contribution is -2.06. The van der Waals surface area contributed by atoms with Crippen molar-refractivity contribution in [3.8, 4) is 0 Å². The predicted octanol–water partition coefficient (Wildman–Crippen LogP) is 4.39. The summed E-state index contributed by atoms with van der Waals surface area (Å²) in [6, 6.07) is 3.17. The molecule has 1 aromatic carbocycles. The zero-order valence-electron chi connectivity index (χ0n) is 7.96. The number of nitro benzene ring substituents is 1. The summed E-state index contributed by atoms with van der Waals surface area (Å²) in [6.07, 6.45) is -4.02. The third-order valence-corrected chi connectivity index (χ3v) is 2.36. The van der Waals surface area contributed by atoms with Crippen molar-refractivity contribution in [3.63, 3.8) is 0 Å². The van der Waals surface area contributed by atoms with E-state index < -0.39 is 16.1 Å². The van der Waals surface area contributed by atoms with Gasteiger partial charge in [0.05, 0.1) is 4.92 Å². The zero-order chi connectivity index (χ0) is 13.2. The van der Waals surface area contributed by atoms with Crippen molar-refractivity contribution < 1.29 is 18.1 Å². The number of halogens is 5. The first-order valence-corrected chi connectivity index (χ1v) is 4.85. The zero-order valence-corrected chi connectivity index (χ0v) is 9.47. The highest BCUT2D eigenvalue weighted by molar-refractivity contribution is 6.33. The van der Waals surface area contributed by atoms with E-state index in [2.05, 4.69) is 0 Å². The molecular weight excluding hydrogens is 282 g/mol. The third kappa shape index (κ3) is 3.61. The van der Waals surface area contributed by atoms with E-state index in [1.54, 1.807) is 0 Å². The first kappa shape index (κ1) is 13.8. The number of nitrogens with zero attached hydrogens (tertiary/aromatic N) is 1. The molecule has 0 saturated carbocycles. The van der Waals surface area contributed by atoms with Gasteiger partial charge in [-0.3, -0.25) is 10.1 Å². The van der Waals surface area contributed by atoms with Crippen LogP contribution in [0.2, 0.25) is 5.02 Å². The van der Waals surface area contributed by atoms with Crippen LogP contribution < -0.4 is 0 Å². The molecule has 0 radical (unpaired) electrons. The lowest BCUT2D eigenvalue weighted by atomic mass is 10.2. The lowest BCUT2D eigenvalue weighted by Gasteiger charge is -2.04. The largest absolute Gasteiger partial charge is 0.426 e. The van der Waals surface area contributed by atoms with Crippen LogP contribution in [0, 0.1) is 10.1 Å². The number of benzene rings is 1. The molecule has 0 saturated heterocycles. The van der Waals surface area contributed by atoms with E-state index in [0.29, 0.717) is 6.08 Å². The lowest BCUT2D eigenvalue weighted by molar-refractivity contribution is -0.384. The second-order valence-electron chi connectivity index (χ2n) is 2.96. The highest BCUT2D eigenvalue weighted by Crippen LogP contribution is 2.32. The maximum Gasteiger partial charge on any atom is 0.426 e. The van der Waals surface area contributed by atoms with Gasteiger partial charge in [0.15, 0.2) is 0 Å². The van der Waals surface area contributed by atoms with E-state index in [-0.39, 0.29) is 16.3 Å². The molecule has 0 atom stereocenters. The van der Waals surface area contributed by atoms with Crippen molar-refractivity contribution >= 4 is 35.0 Å². The fourth-order valence-electron chi connectivity index (χ4n) is 0.989. The van der Waals surface area contributed by atoms with Gasteiger partial charge in [0, 0.05) is 6.07 Å². The molecule has 8 heteroatoms. The van der Waals surface area contributed by atoms with Crippen LogP contribution in [-0.2, 0) is 0 Å². The van der Waals surface area contributed by atoms with Crippen molar-refractivity contribution in [2.24, 2.45) is 0 Å². The molecule has 92 valence electrons. The first-order chi connectivity index (χ1) is 7.71. The van der Waals surface area contributed by atoms with Gasteiger partial charge >= 0.3 is 6.18 Å². The second kappa shape index (κ2) is 4.93. The van der Waals surface area contributed by atoms with E-state index in [9.17, 15) is 23.3 Å². The van der Waals surface area contributed by atoms with Crippen LogP contribution in [0.4, 0.5) is 18.9 Å². The summed E-state index contributed by atoms with van der Waals surface area (Å²) in [4.78, 5) is 9.68. The SMILES string of the molecule is O=[N+]([O-])c1ccc(C=C(Cl)C(F)(F)F)cc1Cl. The van der Waals surface area contributed by atoms with Crippen LogP contribution in [0.1, 0.15) is 5.56 Å². The molecule has 0 aliphatic rings. The van der Waals surface area contributed by atoms with Crippen LogP contribution >= 0.6 is 23.2 Å². The van der Waals surface area contributed by atoms with Gasteiger partial charge in [-0.1, -0.05) is 23.2 Å². The van der Waals surface area contributed by atoms with Crippen LogP contribution in [-0.4, -0.2) is 11.1 Å². The minimum absolute atomic E-state index is 0.0305. The van der Waals surface area contributed by atoms with E-state index >= 15 is 0 Å². The van der Waals surface area contributed by atoms with Crippen LogP contribution in [0.15, 0.2) is 23.2 Å². The predicted molar refractivity (Wildman–Crippen MR) is 58.0 cm³/mol. The Morgan fingerprint density at radius 2 is 2.00 bits per heavy atom. The molecular formula is C9H4Cl2F3NO2. The number of alkyl halides is 3. The monoisotopic (exact) mass is 285 g/mol. The Labute approximate surface area is 104 Å². The molecule has 1 aromatic rings. The normalized spacial score (nSPS) is 12.6. The minimum atomic E-state index is -4.66. The summed E-state index contributed by atoms with van der Waals surface area (Å²) in [7, 11) is 0. The molecule has 3 nitrogen and oxygen atoms in total. The van der Waals surface area contributed by atoms with Gasteiger partial charge < -0.3 is 0 Å². The van der Waals surface area contributed by atoms with E-state index in [0.717, 1.165) is 18.2 Å². The van der Waals surface area contributed by atoms with E-state index in [1.165, 1.54) is 0 Å². The molecule has 0 amide bonds. The second-order valence-corrected chi connectivity index (χ2v) is 3.77. The molecule has 0 unspecified atom stereocenters. The van der Waals surface area contributed by atoms with Crippen LogP contribution in [0.25, 0.3) is 6.08 Å². The molecule has 0 aromatic heterocycles. The average Bonchev–Trinajstić information content (AvgIpc) is 2.15. The molecule has 0 spiro atoms. The summed E-state index contributed by atoms with van der Waals surface area (Å²) >= 11 is 10.5. The summed E-state index contributed by atoms with van der Waals surface area (Å²) < 4.78 is 36.3. The maximum absolute atomic E-state index is 12.1. The van der Waals surface area contributed by atoms with Gasteiger partial charge in [0.1, 0.15) is 10.1 Å². The Balaban J connectivity index is 3.12. The molecule has 0 N–H and O–H groups in total. The van der Waals surface area contributed by atoms with E-state index in [4.69, 9.17) is 23.2 Å². The maximum atomic E-state index is 12.1. The van der Waals surface area contributed by atoms with Crippen molar-refractivity contribution in [1.82, 2.24) is 0 Å². The number of hydrogen-bond acceptors (Lipinski definition) is 2. The van der Waals surface area contributed by atoms with Gasteiger partial charge in [-0.2, -0.15) is 13.2 Å². The van der Waals surface area contributed by atoms with Gasteiger partial charge in [-0.05, 0) is 23.8 Å². The summed E-state index contributed by atoms with van der Waals surface area (Å²) in [5.41, 5.74) is -0.352. The Morgan fingerprint density at radius 3 is 2.41 bits per heavy atom. The molecule has 1 rings (SSSR count). The third-order valence-electron chi connectivity index (χ3n) is 1.73. The quantitative estimate of drug-likeness (QED) is 0.597.